The average molecular weight is 276 g/mol. The van der Waals surface area contributed by atoms with E-state index in [0.717, 1.165) is 0 Å². The summed E-state index contributed by atoms with van der Waals surface area (Å²) in [5.41, 5.74) is 0.657. The van der Waals surface area contributed by atoms with Gasteiger partial charge in [-0.3, -0.25) is 0 Å². The summed E-state index contributed by atoms with van der Waals surface area (Å²) in [5.74, 6) is -0.180. The Labute approximate surface area is 114 Å². The number of hydrogen-bond donors (Lipinski definition) is 2. The SMILES string of the molecule is C=CCC(NC(=O)O)c1cc(-c2ccccc2F)on1. The second kappa shape index (κ2) is 6.01. The first kappa shape index (κ1) is 13.8. The molecule has 5 nitrogen and oxygen atoms in total. The second-order valence-corrected chi connectivity index (χ2v) is 4.12. The summed E-state index contributed by atoms with van der Waals surface area (Å²) in [5, 5.41) is 14.9. The van der Waals surface area contributed by atoms with Crippen LogP contribution in [0.4, 0.5) is 9.18 Å². The first-order chi connectivity index (χ1) is 9.61. The predicted octanol–water partition coefficient (Wildman–Crippen LogP) is 3.37. The van der Waals surface area contributed by atoms with Crippen molar-refractivity contribution in [3.05, 3.63) is 54.5 Å². The number of rotatable bonds is 5. The van der Waals surface area contributed by atoms with Gasteiger partial charge in [-0.25, -0.2) is 9.18 Å². The Morgan fingerprint density at radius 3 is 2.95 bits per heavy atom. The van der Waals surface area contributed by atoms with Crippen molar-refractivity contribution >= 4 is 6.09 Å². The van der Waals surface area contributed by atoms with E-state index >= 15 is 0 Å². The molecule has 1 atom stereocenters. The van der Waals surface area contributed by atoms with Crippen LogP contribution in [0.15, 0.2) is 47.5 Å². The molecule has 0 saturated heterocycles. The van der Waals surface area contributed by atoms with Crippen LogP contribution < -0.4 is 5.32 Å². The number of benzene rings is 1. The van der Waals surface area contributed by atoms with Crippen molar-refractivity contribution in [3.63, 3.8) is 0 Å². The van der Waals surface area contributed by atoms with Gasteiger partial charge < -0.3 is 14.9 Å². The molecule has 1 amide bonds. The molecule has 0 aliphatic heterocycles. The van der Waals surface area contributed by atoms with E-state index in [-0.39, 0.29) is 11.3 Å². The number of nitrogens with zero attached hydrogens (tertiary/aromatic N) is 1. The topological polar surface area (TPSA) is 75.4 Å². The third-order valence-corrected chi connectivity index (χ3v) is 2.72. The predicted molar refractivity (Wildman–Crippen MR) is 70.6 cm³/mol. The van der Waals surface area contributed by atoms with Crippen LogP contribution in [0.25, 0.3) is 11.3 Å². The Morgan fingerprint density at radius 2 is 2.30 bits per heavy atom. The molecule has 20 heavy (non-hydrogen) atoms. The third kappa shape index (κ3) is 3.03. The Morgan fingerprint density at radius 1 is 1.55 bits per heavy atom. The summed E-state index contributed by atoms with van der Waals surface area (Å²) in [6, 6.07) is 7.07. The Hall–Kier alpha value is -2.63. The maximum atomic E-state index is 13.6. The van der Waals surface area contributed by atoms with Crippen LogP contribution >= 0.6 is 0 Å². The molecule has 0 saturated carbocycles. The highest BCUT2D eigenvalue weighted by Gasteiger charge is 2.19. The molecule has 1 aromatic carbocycles. The lowest BCUT2D eigenvalue weighted by molar-refractivity contribution is 0.189. The van der Waals surface area contributed by atoms with Crippen LogP contribution in [0, 0.1) is 5.82 Å². The minimum atomic E-state index is -1.17. The lowest BCUT2D eigenvalue weighted by atomic mass is 10.1. The number of carboxylic acid groups (broad SMARTS) is 1. The molecule has 0 fully saturated rings. The summed E-state index contributed by atoms with van der Waals surface area (Å²) in [7, 11) is 0. The van der Waals surface area contributed by atoms with Gasteiger partial charge in [-0.1, -0.05) is 23.4 Å². The number of carbonyl (C=O) groups is 1. The van der Waals surface area contributed by atoms with Crippen LogP contribution in [-0.2, 0) is 0 Å². The quantitative estimate of drug-likeness (QED) is 0.821. The highest BCUT2D eigenvalue weighted by Crippen LogP contribution is 2.26. The standard InChI is InChI=1S/C14H13FN2O3/c1-2-5-11(16-14(18)19)12-8-13(20-17-12)9-6-3-4-7-10(9)15/h2-4,6-8,11,16H,1,5H2,(H,18,19). The van der Waals surface area contributed by atoms with Crippen molar-refractivity contribution in [2.45, 2.75) is 12.5 Å². The average Bonchev–Trinajstić information content (AvgIpc) is 2.87. The van der Waals surface area contributed by atoms with Gasteiger partial charge >= 0.3 is 6.09 Å². The van der Waals surface area contributed by atoms with Crippen LogP contribution in [0.2, 0.25) is 0 Å². The van der Waals surface area contributed by atoms with Crippen LogP contribution in [0.1, 0.15) is 18.2 Å². The van der Waals surface area contributed by atoms with E-state index in [9.17, 15) is 9.18 Å². The van der Waals surface area contributed by atoms with E-state index in [1.165, 1.54) is 12.1 Å². The maximum absolute atomic E-state index is 13.6. The smallest absolute Gasteiger partial charge is 0.405 e. The minimum absolute atomic E-state index is 0.249. The van der Waals surface area contributed by atoms with Crippen molar-refractivity contribution < 1.29 is 18.8 Å². The maximum Gasteiger partial charge on any atom is 0.405 e. The first-order valence-electron chi connectivity index (χ1n) is 5.93. The molecule has 104 valence electrons. The van der Waals surface area contributed by atoms with Gasteiger partial charge in [0.1, 0.15) is 11.5 Å². The lowest BCUT2D eigenvalue weighted by Crippen LogP contribution is -2.26. The normalized spacial score (nSPS) is 11.8. The monoisotopic (exact) mass is 276 g/mol. The van der Waals surface area contributed by atoms with Gasteiger partial charge in [-0.05, 0) is 18.6 Å². The van der Waals surface area contributed by atoms with Gasteiger partial charge in [0.05, 0.1) is 11.6 Å². The molecule has 0 bridgehead atoms. The molecule has 1 aromatic heterocycles. The summed E-state index contributed by atoms with van der Waals surface area (Å²) in [6.45, 7) is 3.56. The zero-order chi connectivity index (χ0) is 14.5. The number of amides is 1. The van der Waals surface area contributed by atoms with Crippen molar-refractivity contribution in [2.24, 2.45) is 0 Å². The van der Waals surface area contributed by atoms with E-state index in [1.54, 1.807) is 24.3 Å². The molecule has 2 aromatic rings. The van der Waals surface area contributed by atoms with Crippen LogP contribution in [0.3, 0.4) is 0 Å². The first-order valence-corrected chi connectivity index (χ1v) is 5.93. The summed E-state index contributed by atoms with van der Waals surface area (Å²) in [4.78, 5) is 10.7. The Bertz CT molecular complexity index is 624. The Kier molecular flexibility index (Phi) is 4.14. The molecular formula is C14H13FN2O3. The Balaban J connectivity index is 2.29. The van der Waals surface area contributed by atoms with Crippen molar-refractivity contribution in [3.8, 4) is 11.3 Å². The lowest BCUT2D eigenvalue weighted by Gasteiger charge is -2.10. The fourth-order valence-electron chi connectivity index (χ4n) is 1.81. The summed E-state index contributed by atoms with van der Waals surface area (Å²) >= 11 is 0. The van der Waals surface area contributed by atoms with Crippen molar-refractivity contribution in [2.75, 3.05) is 0 Å². The molecule has 1 heterocycles. The minimum Gasteiger partial charge on any atom is -0.465 e. The van der Waals surface area contributed by atoms with Gasteiger partial charge in [0.15, 0.2) is 5.76 Å². The summed E-state index contributed by atoms with van der Waals surface area (Å²) < 4.78 is 18.7. The molecule has 0 aliphatic carbocycles. The number of nitrogens with one attached hydrogen (secondary N) is 1. The highest BCUT2D eigenvalue weighted by molar-refractivity contribution is 5.65. The van der Waals surface area contributed by atoms with Gasteiger partial charge in [-0.2, -0.15) is 0 Å². The molecule has 2 N–H and O–H groups in total. The largest absolute Gasteiger partial charge is 0.465 e. The molecule has 2 rings (SSSR count). The molecular weight excluding hydrogens is 263 g/mol. The third-order valence-electron chi connectivity index (χ3n) is 2.72. The molecule has 0 aliphatic rings. The molecule has 0 radical (unpaired) electrons. The zero-order valence-electron chi connectivity index (χ0n) is 10.5. The van der Waals surface area contributed by atoms with Crippen LogP contribution in [0.5, 0.6) is 0 Å². The van der Waals surface area contributed by atoms with Gasteiger partial charge in [0.25, 0.3) is 0 Å². The van der Waals surface area contributed by atoms with E-state index in [1.807, 2.05) is 0 Å². The van der Waals surface area contributed by atoms with Gasteiger partial charge in [-0.15, -0.1) is 6.58 Å². The van der Waals surface area contributed by atoms with Gasteiger partial charge in [0, 0.05) is 6.07 Å². The summed E-state index contributed by atoms with van der Waals surface area (Å²) in [6.07, 6.45) is 0.750. The van der Waals surface area contributed by atoms with Crippen molar-refractivity contribution in [1.82, 2.24) is 10.5 Å². The molecule has 1 unspecified atom stereocenters. The zero-order valence-corrected chi connectivity index (χ0v) is 10.5. The van der Waals surface area contributed by atoms with Gasteiger partial charge in [0.2, 0.25) is 0 Å². The van der Waals surface area contributed by atoms with Crippen LogP contribution in [-0.4, -0.2) is 16.4 Å². The highest BCUT2D eigenvalue weighted by atomic mass is 19.1. The fraction of sp³-hybridized carbons (Fsp3) is 0.143. The van der Waals surface area contributed by atoms with E-state index in [0.29, 0.717) is 12.1 Å². The fourth-order valence-corrected chi connectivity index (χ4v) is 1.81. The van der Waals surface area contributed by atoms with E-state index < -0.39 is 18.0 Å². The molecule has 6 heteroatoms. The van der Waals surface area contributed by atoms with E-state index in [2.05, 4.69) is 17.1 Å². The van der Waals surface area contributed by atoms with E-state index in [4.69, 9.17) is 9.63 Å². The number of aromatic nitrogens is 1. The molecule has 0 spiro atoms. The number of halogens is 1. The second-order valence-electron chi connectivity index (χ2n) is 4.12. The number of hydrogen-bond acceptors (Lipinski definition) is 3. The van der Waals surface area contributed by atoms with Crippen molar-refractivity contribution in [1.29, 1.82) is 0 Å².